The van der Waals surface area contributed by atoms with Gasteiger partial charge >= 0.3 is 5.97 Å². The molecule has 0 radical (unpaired) electrons. The van der Waals surface area contributed by atoms with Crippen molar-refractivity contribution >= 4 is 23.5 Å². The van der Waals surface area contributed by atoms with Gasteiger partial charge < -0.3 is 19.6 Å². The lowest BCUT2D eigenvalue weighted by Gasteiger charge is -2.30. The van der Waals surface area contributed by atoms with Gasteiger partial charge in [-0.25, -0.2) is 0 Å². The smallest absolute Gasteiger partial charge is 0.323 e. The zero-order valence-electron chi connectivity index (χ0n) is 13.7. The van der Waals surface area contributed by atoms with E-state index >= 15 is 0 Å². The van der Waals surface area contributed by atoms with Crippen molar-refractivity contribution in [3.8, 4) is 0 Å². The van der Waals surface area contributed by atoms with Crippen LogP contribution in [-0.2, 0) is 25.5 Å². The van der Waals surface area contributed by atoms with Crippen molar-refractivity contribution in [2.75, 3.05) is 38.3 Å². The SMILES string of the molecule is COCCN(CC(=O)O)C(=O)CCN1C(=O)CCc2ccccc21. The maximum Gasteiger partial charge on any atom is 0.323 e. The number of fused-ring (bicyclic) bond motifs is 1. The van der Waals surface area contributed by atoms with Crippen molar-refractivity contribution in [1.82, 2.24) is 4.90 Å². The summed E-state index contributed by atoms with van der Waals surface area (Å²) < 4.78 is 4.91. The Hall–Kier alpha value is -2.41. The Morgan fingerprint density at radius 1 is 1.29 bits per heavy atom. The number of nitrogens with zero attached hydrogens (tertiary/aromatic N) is 2. The third-order valence-electron chi connectivity index (χ3n) is 3.99. The van der Waals surface area contributed by atoms with Crippen LogP contribution in [0.2, 0.25) is 0 Å². The molecule has 1 N–H and O–H groups in total. The molecule has 7 heteroatoms. The van der Waals surface area contributed by atoms with Crippen molar-refractivity contribution in [2.24, 2.45) is 0 Å². The van der Waals surface area contributed by atoms with Crippen LogP contribution in [0.25, 0.3) is 0 Å². The summed E-state index contributed by atoms with van der Waals surface area (Å²) in [7, 11) is 1.49. The Morgan fingerprint density at radius 3 is 2.75 bits per heavy atom. The Morgan fingerprint density at radius 2 is 2.04 bits per heavy atom. The van der Waals surface area contributed by atoms with Gasteiger partial charge in [0.15, 0.2) is 0 Å². The molecule has 0 saturated heterocycles. The molecule has 24 heavy (non-hydrogen) atoms. The van der Waals surface area contributed by atoms with Gasteiger partial charge in [-0.05, 0) is 18.1 Å². The van der Waals surface area contributed by atoms with Crippen LogP contribution in [-0.4, -0.2) is 61.1 Å². The van der Waals surface area contributed by atoms with Crippen molar-refractivity contribution in [1.29, 1.82) is 0 Å². The van der Waals surface area contributed by atoms with Crippen LogP contribution in [0.3, 0.4) is 0 Å². The molecule has 0 aromatic heterocycles. The number of ether oxygens (including phenoxy) is 1. The lowest BCUT2D eigenvalue weighted by Crippen LogP contribution is -2.41. The van der Waals surface area contributed by atoms with Gasteiger partial charge in [0.25, 0.3) is 0 Å². The van der Waals surface area contributed by atoms with Crippen LogP contribution < -0.4 is 4.90 Å². The highest BCUT2D eigenvalue weighted by molar-refractivity contribution is 5.97. The lowest BCUT2D eigenvalue weighted by molar-refractivity contribution is -0.144. The maximum absolute atomic E-state index is 12.3. The van der Waals surface area contributed by atoms with Crippen LogP contribution in [0.4, 0.5) is 5.69 Å². The number of hydrogen-bond donors (Lipinski definition) is 1. The Balaban J connectivity index is 2.01. The molecule has 0 aliphatic carbocycles. The summed E-state index contributed by atoms with van der Waals surface area (Å²) in [5, 5.41) is 8.92. The largest absolute Gasteiger partial charge is 0.480 e. The van der Waals surface area contributed by atoms with Crippen LogP contribution in [0.5, 0.6) is 0 Å². The highest BCUT2D eigenvalue weighted by Crippen LogP contribution is 2.27. The molecular weight excluding hydrogens is 312 g/mol. The van der Waals surface area contributed by atoms with E-state index in [4.69, 9.17) is 9.84 Å². The summed E-state index contributed by atoms with van der Waals surface area (Å²) in [6.45, 7) is 0.362. The molecule has 0 saturated carbocycles. The van der Waals surface area contributed by atoms with Crippen LogP contribution in [0, 0.1) is 0 Å². The third-order valence-corrected chi connectivity index (χ3v) is 3.99. The molecule has 1 aliphatic heterocycles. The summed E-state index contributed by atoms with van der Waals surface area (Å²) >= 11 is 0. The van der Waals surface area contributed by atoms with Crippen LogP contribution in [0.1, 0.15) is 18.4 Å². The van der Waals surface area contributed by atoms with Gasteiger partial charge in [0.05, 0.1) is 6.61 Å². The molecular formula is C17H22N2O5. The van der Waals surface area contributed by atoms with Gasteiger partial charge in [0.2, 0.25) is 11.8 Å². The number of aliphatic carboxylic acids is 1. The first-order valence-electron chi connectivity index (χ1n) is 7.89. The number of para-hydroxylation sites is 1. The van der Waals surface area contributed by atoms with Gasteiger partial charge in [-0.1, -0.05) is 18.2 Å². The predicted octanol–water partition coefficient (Wildman–Crippen LogP) is 0.916. The van der Waals surface area contributed by atoms with E-state index in [1.54, 1.807) is 4.90 Å². The maximum atomic E-state index is 12.3. The fourth-order valence-electron chi connectivity index (χ4n) is 2.76. The molecule has 1 heterocycles. The highest BCUT2D eigenvalue weighted by atomic mass is 16.5. The first-order valence-corrected chi connectivity index (χ1v) is 7.89. The normalized spacial score (nSPS) is 13.5. The van der Waals surface area contributed by atoms with E-state index in [9.17, 15) is 14.4 Å². The van der Waals surface area contributed by atoms with E-state index in [1.807, 2.05) is 24.3 Å². The van der Waals surface area contributed by atoms with Crippen LogP contribution in [0.15, 0.2) is 24.3 Å². The highest BCUT2D eigenvalue weighted by Gasteiger charge is 2.25. The summed E-state index contributed by atoms with van der Waals surface area (Å²) in [5.41, 5.74) is 1.93. The second-order valence-electron chi connectivity index (χ2n) is 5.63. The minimum absolute atomic E-state index is 0.0109. The molecule has 130 valence electrons. The molecule has 1 aliphatic rings. The van der Waals surface area contributed by atoms with Gasteiger partial charge in [0.1, 0.15) is 6.54 Å². The molecule has 0 spiro atoms. The fraction of sp³-hybridized carbons (Fsp3) is 0.471. The van der Waals surface area contributed by atoms with Crippen molar-refractivity contribution < 1.29 is 24.2 Å². The van der Waals surface area contributed by atoms with Crippen molar-refractivity contribution in [2.45, 2.75) is 19.3 Å². The number of methoxy groups -OCH3 is 1. The molecule has 0 atom stereocenters. The number of anilines is 1. The summed E-state index contributed by atoms with van der Waals surface area (Å²) in [4.78, 5) is 38.3. The van der Waals surface area contributed by atoms with E-state index in [2.05, 4.69) is 0 Å². The topological polar surface area (TPSA) is 87.2 Å². The number of carboxylic acid groups (broad SMARTS) is 1. The first kappa shape index (κ1) is 17.9. The molecule has 2 rings (SSSR count). The van der Waals surface area contributed by atoms with E-state index < -0.39 is 5.97 Å². The van der Waals surface area contributed by atoms with Gasteiger partial charge in [0, 0.05) is 38.7 Å². The molecule has 1 aromatic rings. The standard InChI is InChI=1S/C17H22N2O5/c1-24-11-10-18(12-17(22)23)15(20)8-9-19-14-5-3-2-4-13(14)6-7-16(19)21/h2-5H,6-12H2,1H3,(H,22,23). The molecule has 7 nitrogen and oxygen atoms in total. The summed E-state index contributed by atoms with van der Waals surface area (Å²) in [6.07, 6.45) is 1.21. The predicted molar refractivity (Wildman–Crippen MR) is 87.8 cm³/mol. The number of carbonyl (C=O) groups excluding carboxylic acids is 2. The van der Waals surface area contributed by atoms with E-state index in [1.165, 1.54) is 12.0 Å². The van der Waals surface area contributed by atoms with Crippen LogP contribution >= 0.6 is 0 Å². The number of amides is 2. The number of aryl methyl sites for hydroxylation is 1. The van der Waals surface area contributed by atoms with E-state index in [0.717, 1.165) is 11.3 Å². The van der Waals surface area contributed by atoms with Crippen molar-refractivity contribution in [3.05, 3.63) is 29.8 Å². The zero-order valence-corrected chi connectivity index (χ0v) is 13.7. The lowest BCUT2D eigenvalue weighted by atomic mass is 10.0. The minimum atomic E-state index is -1.07. The minimum Gasteiger partial charge on any atom is -0.480 e. The Labute approximate surface area is 140 Å². The summed E-state index contributed by atoms with van der Waals surface area (Å²) in [5.74, 6) is -1.38. The molecule has 0 fully saturated rings. The average molecular weight is 334 g/mol. The molecule has 0 bridgehead atoms. The van der Waals surface area contributed by atoms with Gasteiger partial charge in [-0.2, -0.15) is 0 Å². The second kappa shape index (κ2) is 8.44. The fourth-order valence-corrected chi connectivity index (χ4v) is 2.76. The third kappa shape index (κ3) is 4.55. The number of rotatable bonds is 8. The number of hydrogen-bond acceptors (Lipinski definition) is 4. The number of carboxylic acids is 1. The van der Waals surface area contributed by atoms with E-state index in [-0.39, 0.29) is 44.5 Å². The molecule has 0 unspecified atom stereocenters. The van der Waals surface area contributed by atoms with E-state index in [0.29, 0.717) is 12.8 Å². The molecule has 2 amide bonds. The second-order valence-corrected chi connectivity index (χ2v) is 5.63. The number of carbonyl (C=O) groups is 3. The molecule has 1 aromatic carbocycles. The Kier molecular flexibility index (Phi) is 6.31. The Bertz CT molecular complexity index is 617. The zero-order chi connectivity index (χ0) is 17.5. The van der Waals surface area contributed by atoms with Gasteiger partial charge in [-0.15, -0.1) is 0 Å². The van der Waals surface area contributed by atoms with Crippen molar-refractivity contribution in [3.63, 3.8) is 0 Å². The quantitative estimate of drug-likeness (QED) is 0.764. The number of benzene rings is 1. The monoisotopic (exact) mass is 334 g/mol. The van der Waals surface area contributed by atoms with Gasteiger partial charge in [-0.3, -0.25) is 14.4 Å². The first-order chi connectivity index (χ1) is 11.5. The summed E-state index contributed by atoms with van der Waals surface area (Å²) in [6, 6.07) is 7.64. The average Bonchev–Trinajstić information content (AvgIpc) is 2.57.